The van der Waals surface area contributed by atoms with Gasteiger partial charge in [-0.05, 0) is 24.1 Å². The van der Waals surface area contributed by atoms with Crippen molar-refractivity contribution in [1.82, 2.24) is 0 Å². The number of aryl methyl sites for hydroxylation is 1. The fraction of sp³-hybridized carbons (Fsp3) is 0.400. The molecule has 3 N–H and O–H groups in total. The van der Waals surface area contributed by atoms with Crippen LogP contribution < -0.4 is 5.73 Å². The zero-order chi connectivity index (χ0) is 12.5. The lowest BCUT2D eigenvalue weighted by Gasteiger charge is -2.23. The standard InChI is InChI=1S/C10H11ClF3NO/c1-5-3-2-4-6(11)7(5)8(15)9(16)10(12,13)14/h2-4,8-9,16H,15H2,1H3/t8-,9-/m1/s1. The highest BCUT2D eigenvalue weighted by molar-refractivity contribution is 6.31. The second-order valence-electron chi connectivity index (χ2n) is 3.48. The van der Waals surface area contributed by atoms with E-state index in [1.165, 1.54) is 6.07 Å². The van der Waals surface area contributed by atoms with E-state index in [4.69, 9.17) is 22.4 Å². The molecule has 0 aliphatic rings. The van der Waals surface area contributed by atoms with Crippen molar-refractivity contribution in [2.24, 2.45) is 5.73 Å². The van der Waals surface area contributed by atoms with E-state index in [2.05, 4.69) is 0 Å². The third-order valence-corrected chi connectivity index (χ3v) is 2.61. The van der Waals surface area contributed by atoms with Crippen LogP contribution in [-0.2, 0) is 0 Å². The minimum atomic E-state index is -4.76. The van der Waals surface area contributed by atoms with Crippen LogP contribution in [0.15, 0.2) is 18.2 Å². The number of hydrogen-bond acceptors (Lipinski definition) is 2. The topological polar surface area (TPSA) is 46.2 Å². The SMILES string of the molecule is Cc1cccc(Cl)c1[C@@H](N)[C@@H](O)C(F)(F)F. The summed E-state index contributed by atoms with van der Waals surface area (Å²) in [6, 6.07) is 3.05. The van der Waals surface area contributed by atoms with Gasteiger partial charge in [0.1, 0.15) is 0 Å². The van der Waals surface area contributed by atoms with Gasteiger partial charge < -0.3 is 10.8 Å². The molecule has 0 aromatic heterocycles. The number of alkyl halides is 3. The van der Waals surface area contributed by atoms with E-state index in [0.29, 0.717) is 5.56 Å². The van der Waals surface area contributed by atoms with E-state index in [9.17, 15) is 13.2 Å². The first-order valence-electron chi connectivity index (χ1n) is 4.50. The molecule has 0 aliphatic heterocycles. The van der Waals surface area contributed by atoms with Gasteiger partial charge in [-0.15, -0.1) is 0 Å². The Morgan fingerprint density at radius 1 is 1.38 bits per heavy atom. The third-order valence-electron chi connectivity index (χ3n) is 2.28. The van der Waals surface area contributed by atoms with Crippen LogP contribution in [0.25, 0.3) is 0 Å². The summed E-state index contributed by atoms with van der Waals surface area (Å²) in [5.41, 5.74) is 6.01. The molecule has 0 amide bonds. The summed E-state index contributed by atoms with van der Waals surface area (Å²) in [7, 11) is 0. The summed E-state index contributed by atoms with van der Waals surface area (Å²) in [6.07, 6.45) is -7.38. The molecule has 2 nitrogen and oxygen atoms in total. The molecule has 1 rings (SSSR count). The van der Waals surface area contributed by atoms with Crippen LogP contribution in [0.1, 0.15) is 17.2 Å². The predicted molar refractivity (Wildman–Crippen MR) is 55.2 cm³/mol. The Morgan fingerprint density at radius 3 is 2.38 bits per heavy atom. The summed E-state index contributed by atoms with van der Waals surface area (Å²) in [6.45, 7) is 1.59. The van der Waals surface area contributed by atoms with Gasteiger partial charge in [-0.3, -0.25) is 0 Å². The van der Waals surface area contributed by atoms with Gasteiger partial charge in [0, 0.05) is 5.02 Å². The number of hydrogen-bond donors (Lipinski definition) is 2. The first-order valence-corrected chi connectivity index (χ1v) is 4.88. The van der Waals surface area contributed by atoms with E-state index < -0.39 is 18.3 Å². The molecule has 1 aromatic rings. The van der Waals surface area contributed by atoms with Gasteiger partial charge in [-0.25, -0.2) is 0 Å². The Bertz CT molecular complexity index is 361. The van der Waals surface area contributed by atoms with Crippen LogP contribution in [0.4, 0.5) is 13.2 Å². The van der Waals surface area contributed by atoms with Crippen molar-refractivity contribution < 1.29 is 18.3 Å². The minimum Gasteiger partial charge on any atom is -0.382 e. The molecule has 0 spiro atoms. The van der Waals surface area contributed by atoms with Crippen molar-refractivity contribution in [3.05, 3.63) is 34.3 Å². The molecule has 0 aliphatic carbocycles. The van der Waals surface area contributed by atoms with E-state index in [0.717, 1.165) is 0 Å². The van der Waals surface area contributed by atoms with Crippen LogP contribution in [-0.4, -0.2) is 17.4 Å². The van der Waals surface area contributed by atoms with Gasteiger partial charge in [-0.1, -0.05) is 23.7 Å². The Balaban J connectivity index is 3.10. The van der Waals surface area contributed by atoms with Gasteiger partial charge in [0.05, 0.1) is 6.04 Å². The van der Waals surface area contributed by atoms with Gasteiger partial charge in [0.2, 0.25) is 0 Å². The summed E-state index contributed by atoms with van der Waals surface area (Å²) < 4.78 is 36.8. The van der Waals surface area contributed by atoms with Crippen LogP contribution in [0.2, 0.25) is 5.02 Å². The Labute approximate surface area is 95.8 Å². The van der Waals surface area contributed by atoms with Crippen LogP contribution in [0.3, 0.4) is 0 Å². The van der Waals surface area contributed by atoms with Crippen LogP contribution >= 0.6 is 11.6 Å². The average Bonchev–Trinajstić information content (AvgIpc) is 2.14. The molecule has 0 radical (unpaired) electrons. The normalized spacial score (nSPS) is 15.9. The second kappa shape index (κ2) is 4.61. The summed E-state index contributed by atoms with van der Waals surface area (Å²) in [5.74, 6) is 0. The van der Waals surface area contributed by atoms with Crippen molar-refractivity contribution >= 4 is 11.6 Å². The molecule has 0 saturated heterocycles. The highest BCUT2D eigenvalue weighted by Crippen LogP contribution is 2.33. The van der Waals surface area contributed by atoms with Gasteiger partial charge in [-0.2, -0.15) is 13.2 Å². The lowest BCUT2D eigenvalue weighted by Crippen LogP contribution is -2.39. The maximum atomic E-state index is 12.3. The van der Waals surface area contributed by atoms with Crippen molar-refractivity contribution in [1.29, 1.82) is 0 Å². The Kier molecular flexibility index (Phi) is 3.83. The number of nitrogens with two attached hydrogens (primary N) is 1. The summed E-state index contributed by atoms with van der Waals surface area (Å²) in [5, 5.41) is 9.17. The number of benzene rings is 1. The fourth-order valence-corrected chi connectivity index (χ4v) is 1.78. The monoisotopic (exact) mass is 253 g/mol. The lowest BCUT2D eigenvalue weighted by atomic mass is 9.97. The first kappa shape index (κ1) is 13.3. The fourth-order valence-electron chi connectivity index (χ4n) is 1.43. The Hall–Kier alpha value is -0.780. The van der Waals surface area contributed by atoms with Gasteiger partial charge >= 0.3 is 6.18 Å². The molecule has 90 valence electrons. The molecule has 2 atom stereocenters. The lowest BCUT2D eigenvalue weighted by molar-refractivity contribution is -0.210. The maximum absolute atomic E-state index is 12.3. The molecule has 0 saturated carbocycles. The van der Waals surface area contributed by atoms with Gasteiger partial charge in [0.25, 0.3) is 0 Å². The minimum absolute atomic E-state index is 0.119. The molecule has 6 heteroatoms. The summed E-state index contributed by atoms with van der Waals surface area (Å²) in [4.78, 5) is 0. The molecule has 0 unspecified atom stereocenters. The molecular weight excluding hydrogens is 243 g/mol. The van der Waals surface area contributed by atoms with Crippen molar-refractivity contribution in [3.8, 4) is 0 Å². The highest BCUT2D eigenvalue weighted by atomic mass is 35.5. The van der Waals surface area contributed by atoms with Crippen LogP contribution in [0, 0.1) is 6.92 Å². The Morgan fingerprint density at radius 2 is 1.94 bits per heavy atom. The smallest absolute Gasteiger partial charge is 0.382 e. The predicted octanol–water partition coefficient (Wildman–Crippen LogP) is 2.57. The number of aliphatic hydroxyl groups excluding tert-OH is 1. The molecule has 16 heavy (non-hydrogen) atoms. The molecular formula is C10H11ClF3NO. The molecule has 0 heterocycles. The second-order valence-corrected chi connectivity index (χ2v) is 3.89. The van der Waals surface area contributed by atoms with Gasteiger partial charge in [0.15, 0.2) is 6.10 Å². The maximum Gasteiger partial charge on any atom is 0.416 e. The average molecular weight is 254 g/mol. The van der Waals surface area contributed by atoms with E-state index in [1.807, 2.05) is 0 Å². The van der Waals surface area contributed by atoms with E-state index >= 15 is 0 Å². The first-order chi connectivity index (χ1) is 7.25. The van der Waals surface area contributed by atoms with E-state index in [-0.39, 0.29) is 10.6 Å². The van der Waals surface area contributed by atoms with Crippen molar-refractivity contribution in [2.75, 3.05) is 0 Å². The quantitative estimate of drug-likeness (QED) is 0.851. The number of halogens is 4. The summed E-state index contributed by atoms with van der Waals surface area (Å²) >= 11 is 5.76. The molecule has 0 fully saturated rings. The van der Waals surface area contributed by atoms with Crippen molar-refractivity contribution in [3.63, 3.8) is 0 Å². The molecule has 1 aromatic carbocycles. The van der Waals surface area contributed by atoms with Crippen molar-refractivity contribution in [2.45, 2.75) is 25.2 Å². The third kappa shape index (κ3) is 2.66. The zero-order valence-corrected chi connectivity index (χ0v) is 9.18. The largest absolute Gasteiger partial charge is 0.416 e. The number of aliphatic hydroxyl groups is 1. The number of rotatable bonds is 2. The van der Waals surface area contributed by atoms with E-state index in [1.54, 1.807) is 19.1 Å². The highest BCUT2D eigenvalue weighted by Gasteiger charge is 2.43. The molecule has 0 bridgehead atoms. The van der Waals surface area contributed by atoms with Crippen LogP contribution in [0.5, 0.6) is 0 Å². The zero-order valence-electron chi connectivity index (χ0n) is 8.42.